The number of nitrogens with zero attached hydrogens (tertiary/aromatic N) is 3. The van der Waals surface area contributed by atoms with Crippen LogP contribution in [0.2, 0.25) is 0 Å². The lowest BCUT2D eigenvalue weighted by atomic mass is 9.83. The van der Waals surface area contributed by atoms with Crippen molar-refractivity contribution in [1.29, 1.82) is 0 Å². The Hall–Kier alpha value is -0.610. The molecule has 2 aromatic rings. The minimum Gasteiger partial charge on any atom is -0.307 e. The molecule has 0 bridgehead atoms. The SMILES string of the molecule is CC1(n2c(CCCl)nc3cc(Br)cnc32)CCCCC1. The van der Waals surface area contributed by atoms with Gasteiger partial charge >= 0.3 is 0 Å². The zero-order valence-corrected chi connectivity index (χ0v) is 14.0. The molecule has 0 amide bonds. The van der Waals surface area contributed by atoms with Crippen LogP contribution in [0.5, 0.6) is 0 Å². The maximum Gasteiger partial charge on any atom is 0.160 e. The molecular formula is C15H19BrClN3. The van der Waals surface area contributed by atoms with Gasteiger partial charge in [0.1, 0.15) is 11.3 Å². The number of aryl methyl sites for hydroxylation is 1. The Balaban J connectivity index is 2.17. The highest BCUT2D eigenvalue weighted by Gasteiger charge is 2.32. The fourth-order valence-electron chi connectivity index (χ4n) is 3.34. The second kappa shape index (κ2) is 5.64. The van der Waals surface area contributed by atoms with Crippen molar-refractivity contribution in [2.45, 2.75) is 51.0 Å². The highest BCUT2D eigenvalue weighted by molar-refractivity contribution is 9.10. The standard InChI is InChI=1S/C15H19BrClN3/c1-15(6-3-2-4-7-15)20-13(5-8-17)19-12-9-11(16)10-18-14(12)20/h9-10H,2-8H2,1H3. The van der Waals surface area contributed by atoms with E-state index in [1.165, 1.54) is 32.1 Å². The van der Waals surface area contributed by atoms with E-state index in [2.05, 4.69) is 32.4 Å². The van der Waals surface area contributed by atoms with Gasteiger partial charge in [-0.3, -0.25) is 0 Å². The van der Waals surface area contributed by atoms with Crippen LogP contribution >= 0.6 is 27.5 Å². The van der Waals surface area contributed by atoms with Gasteiger partial charge in [0.05, 0.1) is 0 Å². The Kier molecular flexibility index (Phi) is 4.04. The normalized spacial score (nSPS) is 18.6. The summed E-state index contributed by atoms with van der Waals surface area (Å²) in [5, 5.41) is 0. The smallest absolute Gasteiger partial charge is 0.160 e. The molecule has 0 aromatic carbocycles. The van der Waals surface area contributed by atoms with Gasteiger partial charge in [0, 0.05) is 28.5 Å². The zero-order chi connectivity index (χ0) is 14.2. The summed E-state index contributed by atoms with van der Waals surface area (Å²) in [5.74, 6) is 1.67. The number of pyridine rings is 1. The van der Waals surface area contributed by atoms with Crippen LogP contribution in [0.1, 0.15) is 44.9 Å². The van der Waals surface area contributed by atoms with E-state index in [-0.39, 0.29) is 5.54 Å². The Bertz CT molecular complexity index is 617. The van der Waals surface area contributed by atoms with Crippen molar-refractivity contribution in [2.24, 2.45) is 0 Å². The lowest BCUT2D eigenvalue weighted by Gasteiger charge is -2.36. The highest BCUT2D eigenvalue weighted by Crippen LogP contribution is 2.37. The summed E-state index contributed by atoms with van der Waals surface area (Å²) < 4.78 is 3.33. The monoisotopic (exact) mass is 355 g/mol. The number of hydrogen-bond donors (Lipinski definition) is 0. The number of imidazole rings is 1. The van der Waals surface area contributed by atoms with E-state index >= 15 is 0 Å². The summed E-state index contributed by atoms with van der Waals surface area (Å²) in [4.78, 5) is 9.38. The molecule has 0 aliphatic heterocycles. The Morgan fingerprint density at radius 3 is 2.80 bits per heavy atom. The van der Waals surface area contributed by atoms with Crippen molar-refractivity contribution in [3.8, 4) is 0 Å². The molecule has 1 aliphatic rings. The second-order valence-corrected chi connectivity index (χ2v) is 7.15. The number of alkyl halides is 1. The van der Waals surface area contributed by atoms with Gasteiger partial charge in [0.2, 0.25) is 0 Å². The molecule has 108 valence electrons. The maximum absolute atomic E-state index is 5.97. The molecular weight excluding hydrogens is 338 g/mol. The summed E-state index contributed by atoms with van der Waals surface area (Å²) in [6, 6.07) is 2.04. The van der Waals surface area contributed by atoms with Gasteiger partial charge < -0.3 is 4.57 Å². The summed E-state index contributed by atoms with van der Waals surface area (Å²) >= 11 is 9.45. The molecule has 5 heteroatoms. The van der Waals surface area contributed by atoms with E-state index in [0.717, 1.165) is 27.9 Å². The van der Waals surface area contributed by atoms with Crippen LogP contribution in [0.4, 0.5) is 0 Å². The summed E-state index contributed by atoms with van der Waals surface area (Å²) in [6.07, 6.45) is 8.96. The summed E-state index contributed by atoms with van der Waals surface area (Å²) in [7, 11) is 0. The minimum absolute atomic E-state index is 0.134. The molecule has 1 aliphatic carbocycles. The van der Waals surface area contributed by atoms with Crippen molar-refractivity contribution in [3.05, 3.63) is 22.6 Å². The molecule has 2 heterocycles. The molecule has 3 rings (SSSR count). The first-order valence-corrected chi connectivity index (χ1v) is 8.56. The second-order valence-electron chi connectivity index (χ2n) is 5.86. The molecule has 20 heavy (non-hydrogen) atoms. The Morgan fingerprint density at radius 2 is 2.10 bits per heavy atom. The first-order valence-electron chi connectivity index (χ1n) is 7.23. The Labute approximate surface area is 132 Å². The summed E-state index contributed by atoms with van der Waals surface area (Å²) in [6.45, 7) is 2.34. The van der Waals surface area contributed by atoms with E-state index in [1.807, 2.05) is 12.3 Å². The first-order chi connectivity index (χ1) is 9.64. The van der Waals surface area contributed by atoms with Crippen molar-refractivity contribution in [3.63, 3.8) is 0 Å². The van der Waals surface area contributed by atoms with Crippen LogP contribution in [-0.2, 0) is 12.0 Å². The first kappa shape index (κ1) is 14.3. The largest absolute Gasteiger partial charge is 0.307 e. The predicted octanol–water partition coefficient (Wildman–Crippen LogP) is 4.65. The molecule has 0 spiro atoms. The maximum atomic E-state index is 5.97. The highest BCUT2D eigenvalue weighted by atomic mass is 79.9. The average Bonchev–Trinajstić information content (AvgIpc) is 2.77. The molecule has 0 N–H and O–H groups in total. The van der Waals surface area contributed by atoms with Crippen molar-refractivity contribution in [1.82, 2.24) is 14.5 Å². The van der Waals surface area contributed by atoms with Crippen LogP contribution in [-0.4, -0.2) is 20.4 Å². The summed E-state index contributed by atoms with van der Waals surface area (Å²) in [5.41, 5.74) is 2.10. The zero-order valence-electron chi connectivity index (χ0n) is 11.7. The fraction of sp³-hybridized carbons (Fsp3) is 0.600. The molecule has 0 atom stereocenters. The van der Waals surface area contributed by atoms with Gasteiger partial charge in [0.25, 0.3) is 0 Å². The van der Waals surface area contributed by atoms with Crippen molar-refractivity contribution >= 4 is 38.7 Å². The third kappa shape index (κ3) is 2.48. The third-order valence-corrected chi connectivity index (χ3v) is 4.94. The minimum atomic E-state index is 0.134. The number of rotatable bonds is 3. The van der Waals surface area contributed by atoms with Gasteiger partial charge in [-0.1, -0.05) is 19.3 Å². The van der Waals surface area contributed by atoms with Crippen LogP contribution in [0.25, 0.3) is 11.2 Å². The Morgan fingerprint density at radius 1 is 1.35 bits per heavy atom. The van der Waals surface area contributed by atoms with Crippen LogP contribution in [0.15, 0.2) is 16.7 Å². The van der Waals surface area contributed by atoms with E-state index in [1.54, 1.807) is 0 Å². The fourth-order valence-corrected chi connectivity index (χ4v) is 3.83. The van der Waals surface area contributed by atoms with Gasteiger partial charge in [0.15, 0.2) is 5.65 Å². The van der Waals surface area contributed by atoms with Crippen molar-refractivity contribution in [2.75, 3.05) is 5.88 Å². The van der Waals surface area contributed by atoms with Crippen LogP contribution in [0.3, 0.4) is 0 Å². The van der Waals surface area contributed by atoms with Gasteiger partial charge in [-0.25, -0.2) is 9.97 Å². The molecule has 3 nitrogen and oxygen atoms in total. The van der Waals surface area contributed by atoms with Gasteiger partial charge in [-0.15, -0.1) is 11.6 Å². The molecule has 0 unspecified atom stereocenters. The molecule has 1 fully saturated rings. The quantitative estimate of drug-likeness (QED) is 0.749. The molecule has 0 saturated heterocycles. The van der Waals surface area contributed by atoms with E-state index < -0.39 is 0 Å². The number of fused-ring (bicyclic) bond motifs is 1. The van der Waals surface area contributed by atoms with E-state index in [4.69, 9.17) is 16.6 Å². The van der Waals surface area contributed by atoms with E-state index in [0.29, 0.717) is 5.88 Å². The van der Waals surface area contributed by atoms with Crippen molar-refractivity contribution < 1.29 is 0 Å². The number of aromatic nitrogens is 3. The van der Waals surface area contributed by atoms with Crippen LogP contribution in [0, 0.1) is 0 Å². The number of hydrogen-bond acceptors (Lipinski definition) is 2. The van der Waals surface area contributed by atoms with E-state index in [9.17, 15) is 0 Å². The number of halogens is 2. The average molecular weight is 357 g/mol. The lowest BCUT2D eigenvalue weighted by Crippen LogP contribution is -2.34. The lowest BCUT2D eigenvalue weighted by molar-refractivity contribution is 0.218. The van der Waals surface area contributed by atoms with Crippen LogP contribution < -0.4 is 0 Å². The third-order valence-electron chi connectivity index (χ3n) is 4.32. The predicted molar refractivity (Wildman–Crippen MR) is 86.4 cm³/mol. The molecule has 0 radical (unpaired) electrons. The van der Waals surface area contributed by atoms with Gasteiger partial charge in [-0.2, -0.15) is 0 Å². The molecule has 1 saturated carbocycles. The molecule has 2 aromatic heterocycles. The van der Waals surface area contributed by atoms with Gasteiger partial charge in [-0.05, 0) is 41.8 Å². The topological polar surface area (TPSA) is 30.7 Å².